The van der Waals surface area contributed by atoms with Crippen LogP contribution in [0, 0.1) is 0 Å². The normalized spacial score (nSPS) is 27.8. The fourth-order valence-electron chi connectivity index (χ4n) is 2.16. The first-order valence-corrected chi connectivity index (χ1v) is 5.63. The summed E-state index contributed by atoms with van der Waals surface area (Å²) < 4.78 is 5.14. The van der Waals surface area contributed by atoms with Gasteiger partial charge in [-0.15, -0.1) is 0 Å². The van der Waals surface area contributed by atoms with Gasteiger partial charge in [0.1, 0.15) is 5.75 Å². The Morgan fingerprint density at radius 3 is 2.41 bits per heavy atom. The second-order valence-corrected chi connectivity index (χ2v) is 4.36. The number of hydrogen-bond acceptors (Lipinski definition) is 3. The summed E-state index contributed by atoms with van der Waals surface area (Å²) in [5.41, 5.74) is 14.0. The molecule has 0 amide bonds. The topological polar surface area (TPSA) is 61.3 Å². The van der Waals surface area contributed by atoms with Gasteiger partial charge in [0.15, 0.2) is 0 Å². The van der Waals surface area contributed by atoms with Gasteiger partial charge < -0.3 is 16.2 Å². The Labute approximate surface area is 102 Å². The lowest BCUT2D eigenvalue weighted by Crippen LogP contribution is -2.53. The minimum atomic E-state index is -0.624. The SMILES string of the molecule is COc1ccc(C2(N)C(C)=CC=CC2N)cc1. The smallest absolute Gasteiger partial charge is 0.118 e. The molecule has 2 rings (SSSR count). The van der Waals surface area contributed by atoms with Crippen molar-refractivity contribution in [2.75, 3.05) is 7.11 Å². The summed E-state index contributed by atoms with van der Waals surface area (Å²) in [5, 5.41) is 0. The minimum Gasteiger partial charge on any atom is -0.497 e. The number of methoxy groups -OCH3 is 1. The van der Waals surface area contributed by atoms with Crippen molar-refractivity contribution in [2.45, 2.75) is 18.5 Å². The minimum absolute atomic E-state index is 0.208. The van der Waals surface area contributed by atoms with Crippen molar-refractivity contribution in [2.24, 2.45) is 11.5 Å². The van der Waals surface area contributed by atoms with E-state index in [4.69, 9.17) is 16.2 Å². The monoisotopic (exact) mass is 230 g/mol. The Morgan fingerprint density at radius 2 is 1.88 bits per heavy atom. The maximum absolute atomic E-state index is 6.47. The summed E-state index contributed by atoms with van der Waals surface area (Å²) in [7, 11) is 1.65. The van der Waals surface area contributed by atoms with E-state index in [2.05, 4.69) is 0 Å². The average Bonchev–Trinajstić information content (AvgIpc) is 2.36. The van der Waals surface area contributed by atoms with Crippen molar-refractivity contribution in [3.8, 4) is 5.75 Å². The van der Waals surface area contributed by atoms with Gasteiger partial charge in [0.05, 0.1) is 12.6 Å². The average molecular weight is 230 g/mol. The summed E-state index contributed by atoms with van der Waals surface area (Å²) >= 11 is 0. The number of benzene rings is 1. The molecule has 0 saturated carbocycles. The molecular weight excluding hydrogens is 212 g/mol. The molecule has 0 bridgehead atoms. The van der Waals surface area contributed by atoms with Crippen LogP contribution in [-0.2, 0) is 5.54 Å². The molecule has 4 N–H and O–H groups in total. The van der Waals surface area contributed by atoms with Gasteiger partial charge in [-0.1, -0.05) is 30.4 Å². The highest BCUT2D eigenvalue weighted by molar-refractivity contribution is 5.44. The van der Waals surface area contributed by atoms with Crippen LogP contribution in [-0.4, -0.2) is 13.2 Å². The van der Waals surface area contributed by atoms with Gasteiger partial charge in [0, 0.05) is 6.04 Å². The van der Waals surface area contributed by atoms with E-state index in [0.717, 1.165) is 16.9 Å². The second kappa shape index (κ2) is 4.35. The van der Waals surface area contributed by atoms with Gasteiger partial charge in [-0.3, -0.25) is 0 Å². The third-order valence-corrected chi connectivity index (χ3v) is 3.41. The van der Waals surface area contributed by atoms with Gasteiger partial charge in [-0.2, -0.15) is 0 Å². The maximum atomic E-state index is 6.47. The van der Waals surface area contributed by atoms with Gasteiger partial charge >= 0.3 is 0 Å². The van der Waals surface area contributed by atoms with Crippen LogP contribution >= 0.6 is 0 Å². The lowest BCUT2D eigenvalue weighted by atomic mass is 9.76. The van der Waals surface area contributed by atoms with Crippen LogP contribution in [0.1, 0.15) is 12.5 Å². The van der Waals surface area contributed by atoms with E-state index >= 15 is 0 Å². The fraction of sp³-hybridized carbons (Fsp3) is 0.286. The molecule has 3 heteroatoms. The van der Waals surface area contributed by atoms with Crippen molar-refractivity contribution >= 4 is 0 Å². The largest absolute Gasteiger partial charge is 0.497 e. The quantitative estimate of drug-likeness (QED) is 0.812. The van der Waals surface area contributed by atoms with E-state index in [-0.39, 0.29) is 6.04 Å². The van der Waals surface area contributed by atoms with Crippen molar-refractivity contribution in [1.82, 2.24) is 0 Å². The molecule has 1 aromatic rings. The van der Waals surface area contributed by atoms with Gasteiger partial charge in [-0.05, 0) is 30.2 Å². The first kappa shape index (κ1) is 11.9. The van der Waals surface area contributed by atoms with Crippen molar-refractivity contribution in [3.63, 3.8) is 0 Å². The standard InChI is InChI=1S/C14H18N2O/c1-10-4-3-5-13(15)14(10,16)11-6-8-12(17-2)9-7-11/h3-9,13H,15-16H2,1-2H3. The summed E-state index contributed by atoms with van der Waals surface area (Å²) in [4.78, 5) is 0. The predicted octanol–water partition coefficient (Wildman–Crippen LogP) is 1.69. The Balaban J connectivity index is 2.43. The molecular formula is C14H18N2O. The fourth-order valence-corrected chi connectivity index (χ4v) is 2.16. The van der Waals surface area contributed by atoms with Crippen molar-refractivity contribution in [1.29, 1.82) is 0 Å². The highest BCUT2D eigenvalue weighted by Crippen LogP contribution is 2.33. The molecule has 0 saturated heterocycles. The zero-order valence-corrected chi connectivity index (χ0v) is 10.2. The molecule has 0 aliphatic heterocycles. The van der Waals surface area contributed by atoms with E-state index in [9.17, 15) is 0 Å². The molecule has 1 aliphatic carbocycles. The number of rotatable bonds is 2. The highest BCUT2D eigenvalue weighted by atomic mass is 16.5. The van der Waals surface area contributed by atoms with Crippen LogP contribution in [0.2, 0.25) is 0 Å². The van der Waals surface area contributed by atoms with Gasteiger partial charge in [0.25, 0.3) is 0 Å². The lowest BCUT2D eigenvalue weighted by molar-refractivity contribution is 0.413. The Bertz CT molecular complexity index is 462. The molecule has 1 aromatic carbocycles. The number of ether oxygens (including phenoxy) is 1. The van der Waals surface area contributed by atoms with Gasteiger partial charge in [-0.25, -0.2) is 0 Å². The zero-order valence-electron chi connectivity index (χ0n) is 10.2. The summed E-state index contributed by atoms with van der Waals surface area (Å²) in [5.74, 6) is 0.818. The van der Waals surface area contributed by atoms with Crippen LogP contribution in [0.5, 0.6) is 5.75 Å². The summed E-state index contributed by atoms with van der Waals surface area (Å²) in [6.07, 6.45) is 5.89. The molecule has 0 spiro atoms. The Hall–Kier alpha value is -1.58. The highest BCUT2D eigenvalue weighted by Gasteiger charge is 2.36. The second-order valence-electron chi connectivity index (χ2n) is 4.36. The molecule has 2 unspecified atom stereocenters. The van der Waals surface area contributed by atoms with Crippen LogP contribution < -0.4 is 16.2 Å². The first-order valence-electron chi connectivity index (χ1n) is 5.63. The Kier molecular flexibility index (Phi) is 3.05. The maximum Gasteiger partial charge on any atom is 0.118 e. The molecule has 17 heavy (non-hydrogen) atoms. The third-order valence-electron chi connectivity index (χ3n) is 3.41. The zero-order chi connectivity index (χ0) is 12.5. The van der Waals surface area contributed by atoms with E-state index < -0.39 is 5.54 Å². The van der Waals surface area contributed by atoms with Crippen molar-refractivity contribution in [3.05, 3.63) is 53.6 Å². The van der Waals surface area contributed by atoms with Crippen molar-refractivity contribution < 1.29 is 4.74 Å². The van der Waals surface area contributed by atoms with E-state index in [0.29, 0.717) is 0 Å². The van der Waals surface area contributed by atoms with Crippen LogP contribution in [0.3, 0.4) is 0 Å². The molecule has 2 atom stereocenters. The first-order chi connectivity index (χ1) is 8.09. The summed E-state index contributed by atoms with van der Waals surface area (Å²) in [6.45, 7) is 2.01. The molecule has 3 nitrogen and oxygen atoms in total. The van der Waals surface area contributed by atoms with E-state index in [1.165, 1.54) is 0 Å². The molecule has 90 valence electrons. The molecule has 0 fully saturated rings. The predicted molar refractivity (Wildman–Crippen MR) is 69.7 cm³/mol. The molecule has 0 radical (unpaired) electrons. The lowest BCUT2D eigenvalue weighted by Gasteiger charge is -2.37. The van der Waals surface area contributed by atoms with Crippen LogP contribution in [0.15, 0.2) is 48.1 Å². The molecule has 1 aliphatic rings. The van der Waals surface area contributed by atoms with Crippen LogP contribution in [0.25, 0.3) is 0 Å². The Morgan fingerprint density at radius 1 is 1.24 bits per heavy atom. The van der Waals surface area contributed by atoms with E-state index in [1.807, 2.05) is 49.4 Å². The summed E-state index contributed by atoms with van der Waals surface area (Å²) in [6, 6.07) is 7.54. The number of hydrogen-bond donors (Lipinski definition) is 2. The van der Waals surface area contributed by atoms with Gasteiger partial charge in [0.2, 0.25) is 0 Å². The number of nitrogens with two attached hydrogens (primary N) is 2. The molecule has 0 heterocycles. The molecule has 0 aromatic heterocycles. The van der Waals surface area contributed by atoms with Crippen LogP contribution in [0.4, 0.5) is 0 Å². The number of allylic oxidation sites excluding steroid dienone is 2. The third kappa shape index (κ3) is 1.88. The van der Waals surface area contributed by atoms with E-state index in [1.54, 1.807) is 7.11 Å².